The second kappa shape index (κ2) is 6.75. The van der Waals surface area contributed by atoms with E-state index in [-0.39, 0.29) is 17.4 Å². The molecule has 0 N–H and O–H groups in total. The minimum Gasteiger partial charge on any atom is -0.324 e. The van der Waals surface area contributed by atoms with Crippen LogP contribution in [0, 0.1) is 17.1 Å². The summed E-state index contributed by atoms with van der Waals surface area (Å²) in [4.78, 5) is 17.1. The molecule has 1 spiro atoms. The van der Waals surface area contributed by atoms with Crippen LogP contribution in [-0.2, 0) is 0 Å². The van der Waals surface area contributed by atoms with Crippen LogP contribution in [-0.4, -0.2) is 41.0 Å². The molecule has 136 valence electrons. The first-order valence-electron chi connectivity index (χ1n) is 9.58. The first-order valence-corrected chi connectivity index (χ1v) is 9.58. The van der Waals surface area contributed by atoms with Crippen molar-refractivity contribution in [3.05, 3.63) is 41.2 Å². The van der Waals surface area contributed by atoms with Gasteiger partial charge in [0.1, 0.15) is 5.82 Å². The van der Waals surface area contributed by atoms with Crippen LogP contribution < -0.4 is 0 Å². The number of hydrogen-bond acceptors (Lipinski definition) is 2. The molecule has 4 nitrogen and oxygen atoms in total. The lowest BCUT2D eigenvalue weighted by Gasteiger charge is -2.41. The molecule has 2 saturated heterocycles. The van der Waals surface area contributed by atoms with E-state index in [4.69, 9.17) is 0 Å². The summed E-state index contributed by atoms with van der Waals surface area (Å²) in [6, 6.07) is 8.55. The lowest BCUT2D eigenvalue weighted by atomic mass is 9.94. The molecule has 2 amide bonds. The maximum atomic E-state index is 13.1. The third kappa shape index (κ3) is 3.09. The van der Waals surface area contributed by atoms with Crippen molar-refractivity contribution in [2.24, 2.45) is 0 Å². The number of amides is 2. The molecule has 26 heavy (non-hydrogen) atoms. The number of nitriles is 1. The summed E-state index contributed by atoms with van der Waals surface area (Å²) in [6.07, 6.45) is 7.23. The zero-order valence-electron chi connectivity index (χ0n) is 15.0. The molecule has 0 bridgehead atoms. The van der Waals surface area contributed by atoms with E-state index in [9.17, 15) is 14.4 Å². The zero-order valence-corrected chi connectivity index (χ0v) is 15.0. The average Bonchev–Trinajstić information content (AvgIpc) is 3.44. The Bertz CT molecular complexity index is 763. The van der Waals surface area contributed by atoms with Crippen LogP contribution in [0.25, 0.3) is 5.57 Å². The van der Waals surface area contributed by atoms with E-state index in [0.717, 1.165) is 43.4 Å². The maximum Gasteiger partial charge on any atom is 0.320 e. The largest absolute Gasteiger partial charge is 0.324 e. The van der Waals surface area contributed by atoms with Crippen LogP contribution in [0.5, 0.6) is 0 Å². The van der Waals surface area contributed by atoms with Crippen LogP contribution >= 0.6 is 0 Å². The highest BCUT2D eigenvalue weighted by Gasteiger charge is 2.51. The summed E-state index contributed by atoms with van der Waals surface area (Å²) >= 11 is 0. The van der Waals surface area contributed by atoms with Gasteiger partial charge in [-0.25, -0.2) is 9.18 Å². The standard InChI is InChI=1S/C21H24FN3O/c22-18-5-3-16(4-6-18)19(15-23)17-7-13-24(14-8-17)20(26)25-12-2-1-9-21(25)10-11-21/h3-6H,1-2,7-14H2. The number of hydrogen-bond donors (Lipinski definition) is 0. The van der Waals surface area contributed by atoms with Gasteiger partial charge in [0.25, 0.3) is 0 Å². The van der Waals surface area contributed by atoms with E-state index in [1.165, 1.54) is 18.6 Å². The molecule has 1 aromatic rings. The van der Waals surface area contributed by atoms with Crippen molar-refractivity contribution >= 4 is 11.6 Å². The number of likely N-dealkylation sites (tertiary alicyclic amines) is 2. The van der Waals surface area contributed by atoms with Gasteiger partial charge in [-0.2, -0.15) is 5.26 Å². The number of piperidine rings is 2. The summed E-state index contributed by atoms with van der Waals surface area (Å²) < 4.78 is 13.1. The minimum atomic E-state index is -0.299. The van der Waals surface area contributed by atoms with E-state index >= 15 is 0 Å². The number of nitrogens with zero attached hydrogens (tertiary/aromatic N) is 3. The maximum absolute atomic E-state index is 13.1. The first kappa shape index (κ1) is 17.1. The predicted molar refractivity (Wildman–Crippen MR) is 97.7 cm³/mol. The molecule has 0 unspecified atom stereocenters. The molecule has 5 heteroatoms. The highest BCUT2D eigenvalue weighted by atomic mass is 19.1. The number of benzene rings is 1. The fourth-order valence-electron chi connectivity index (χ4n) is 4.41. The van der Waals surface area contributed by atoms with Crippen molar-refractivity contribution in [2.45, 2.75) is 50.5 Å². The molecular formula is C21H24FN3O. The van der Waals surface area contributed by atoms with Gasteiger partial charge in [-0.3, -0.25) is 0 Å². The van der Waals surface area contributed by atoms with Crippen molar-refractivity contribution in [1.29, 1.82) is 5.26 Å². The first-order chi connectivity index (χ1) is 12.6. The van der Waals surface area contributed by atoms with Gasteiger partial charge in [-0.1, -0.05) is 12.1 Å². The molecule has 0 atom stereocenters. The average molecular weight is 353 g/mol. The predicted octanol–water partition coefficient (Wildman–Crippen LogP) is 4.34. The molecule has 0 aromatic heterocycles. The molecule has 1 aromatic carbocycles. The van der Waals surface area contributed by atoms with E-state index in [1.807, 2.05) is 4.90 Å². The van der Waals surface area contributed by atoms with E-state index < -0.39 is 0 Å². The Morgan fingerprint density at radius 3 is 2.35 bits per heavy atom. The molecule has 3 fully saturated rings. The van der Waals surface area contributed by atoms with Gasteiger partial charge in [0, 0.05) is 25.2 Å². The van der Waals surface area contributed by atoms with Crippen molar-refractivity contribution in [2.75, 3.05) is 19.6 Å². The molecular weight excluding hydrogens is 329 g/mol. The molecule has 1 aliphatic carbocycles. The number of halogens is 1. The summed E-state index contributed by atoms with van der Waals surface area (Å²) in [5.74, 6) is -0.299. The fraction of sp³-hybridized carbons (Fsp3) is 0.524. The van der Waals surface area contributed by atoms with Crippen LogP contribution in [0.15, 0.2) is 29.8 Å². The van der Waals surface area contributed by atoms with Crippen molar-refractivity contribution in [3.8, 4) is 6.07 Å². The van der Waals surface area contributed by atoms with Gasteiger partial charge >= 0.3 is 6.03 Å². The number of carbonyl (C=O) groups is 1. The fourth-order valence-corrected chi connectivity index (χ4v) is 4.41. The number of urea groups is 1. The Morgan fingerprint density at radius 2 is 1.73 bits per heavy atom. The third-order valence-electron chi connectivity index (χ3n) is 6.14. The summed E-state index contributed by atoms with van der Waals surface area (Å²) in [5, 5.41) is 9.57. The zero-order chi connectivity index (χ0) is 18.1. The second-order valence-electron chi connectivity index (χ2n) is 7.70. The van der Waals surface area contributed by atoms with Crippen molar-refractivity contribution < 1.29 is 9.18 Å². The van der Waals surface area contributed by atoms with E-state index in [2.05, 4.69) is 11.0 Å². The SMILES string of the molecule is N#CC(=C1CCN(C(=O)N2CCCCC23CC3)CC1)c1ccc(F)cc1. The quantitative estimate of drug-likeness (QED) is 0.705. The van der Waals surface area contributed by atoms with Crippen LogP contribution in [0.4, 0.5) is 9.18 Å². The summed E-state index contributed by atoms with van der Waals surface area (Å²) in [7, 11) is 0. The Hall–Kier alpha value is -2.35. The third-order valence-corrected chi connectivity index (χ3v) is 6.14. The number of rotatable bonds is 1. The molecule has 1 saturated carbocycles. The summed E-state index contributed by atoms with van der Waals surface area (Å²) in [5.41, 5.74) is 2.63. The van der Waals surface area contributed by atoms with E-state index in [1.54, 1.807) is 12.1 Å². The van der Waals surface area contributed by atoms with Crippen LogP contribution in [0.2, 0.25) is 0 Å². The lowest BCUT2D eigenvalue weighted by molar-refractivity contribution is 0.104. The Balaban J connectivity index is 1.45. The number of carbonyl (C=O) groups excluding carboxylic acids is 1. The van der Waals surface area contributed by atoms with E-state index in [0.29, 0.717) is 31.5 Å². The molecule has 2 aliphatic heterocycles. The Morgan fingerprint density at radius 1 is 1.04 bits per heavy atom. The molecule has 3 aliphatic rings. The van der Waals surface area contributed by atoms with Gasteiger partial charge in [-0.05, 0) is 68.2 Å². The van der Waals surface area contributed by atoms with Crippen molar-refractivity contribution in [3.63, 3.8) is 0 Å². The van der Waals surface area contributed by atoms with Crippen LogP contribution in [0.1, 0.15) is 50.5 Å². The van der Waals surface area contributed by atoms with Gasteiger partial charge in [-0.15, -0.1) is 0 Å². The monoisotopic (exact) mass is 353 g/mol. The van der Waals surface area contributed by atoms with Crippen molar-refractivity contribution in [1.82, 2.24) is 9.80 Å². The highest BCUT2D eigenvalue weighted by Crippen LogP contribution is 2.48. The van der Waals surface area contributed by atoms with Gasteiger partial charge in [0.2, 0.25) is 0 Å². The number of allylic oxidation sites excluding steroid dienone is 1. The summed E-state index contributed by atoms with van der Waals surface area (Å²) in [6.45, 7) is 2.21. The molecule has 2 heterocycles. The molecule has 4 rings (SSSR count). The normalized spacial score (nSPS) is 21.5. The smallest absolute Gasteiger partial charge is 0.320 e. The highest BCUT2D eigenvalue weighted by molar-refractivity contribution is 5.80. The van der Waals surface area contributed by atoms with Gasteiger partial charge in [0.15, 0.2) is 0 Å². The molecule has 0 radical (unpaired) electrons. The van der Waals surface area contributed by atoms with Gasteiger partial charge < -0.3 is 9.80 Å². The topological polar surface area (TPSA) is 47.3 Å². The minimum absolute atomic E-state index is 0.164. The van der Waals surface area contributed by atoms with Gasteiger partial charge in [0.05, 0.1) is 11.6 Å². The Kier molecular flexibility index (Phi) is 4.44. The Labute approximate surface area is 153 Å². The van der Waals surface area contributed by atoms with Crippen LogP contribution in [0.3, 0.4) is 0 Å². The second-order valence-corrected chi connectivity index (χ2v) is 7.70. The lowest BCUT2D eigenvalue weighted by Crippen LogP contribution is -2.53.